The van der Waals surface area contributed by atoms with Gasteiger partial charge in [-0.3, -0.25) is 0 Å². The van der Waals surface area contributed by atoms with Crippen molar-refractivity contribution in [3.8, 4) is 0 Å². The van der Waals surface area contributed by atoms with Gasteiger partial charge in [0.1, 0.15) is 6.29 Å². The molecule has 1 saturated carbocycles. The molecule has 0 heterocycles. The van der Waals surface area contributed by atoms with E-state index < -0.39 is 61.5 Å². The molecule has 0 saturated heterocycles. The van der Waals surface area contributed by atoms with E-state index in [-0.39, 0.29) is 13.0 Å². The number of carbonyl (C=O) groups excluding carboxylic acids is 3. The second kappa shape index (κ2) is 9.61. The third-order valence-electron chi connectivity index (χ3n) is 3.73. The monoisotopic (exact) mass is 344 g/mol. The molecular weight excluding hydrogens is 326 g/mol. The summed E-state index contributed by atoms with van der Waals surface area (Å²) >= 11 is 0. The summed E-state index contributed by atoms with van der Waals surface area (Å²) in [5.41, 5.74) is 0. The van der Waals surface area contributed by atoms with Crippen LogP contribution in [0.1, 0.15) is 6.42 Å². The molecule has 138 valence electrons. The van der Waals surface area contributed by atoms with Crippen molar-refractivity contribution in [1.82, 2.24) is 16.0 Å². The van der Waals surface area contributed by atoms with Crippen molar-refractivity contribution in [2.75, 3.05) is 19.6 Å². The highest BCUT2D eigenvalue weighted by Crippen LogP contribution is 2.17. The first-order valence-corrected chi connectivity index (χ1v) is 7.30. The zero-order chi connectivity index (χ0) is 18.3. The van der Waals surface area contributed by atoms with Crippen LogP contribution in [0.4, 0.5) is 0 Å². The predicted molar refractivity (Wildman–Crippen MR) is 67.4 cm³/mol. The van der Waals surface area contributed by atoms with Crippen LogP contribution >= 0.6 is 0 Å². The van der Waals surface area contributed by atoms with Crippen LogP contribution in [0.3, 0.4) is 0 Å². The Bertz CT molecular complexity index is 417. The summed E-state index contributed by atoms with van der Waals surface area (Å²) in [5.74, 6) is -3.08. The Hall–Kier alpha value is -1.63. The maximum Gasteiger partial charge on any atom is 0.121 e. The second-order valence-electron chi connectivity index (χ2n) is 5.39. The lowest BCUT2D eigenvalue weighted by Gasteiger charge is -2.61. The quantitative estimate of drug-likeness (QED) is 0.251. The van der Waals surface area contributed by atoms with E-state index in [2.05, 4.69) is 16.0 Å². The van der Waals surface area contributed by atoms with Crippen LogP contribution in [0.2, 0.25) is 0 Å². The molecule has 1 aliphatic carbocycles. The lowest BCUT2D eigenvalue weighted by Crippen LogP contribution is -2.82. The number of hydrogen-bond acceptors (Lipinski definition) is 11. The Morgan fingerprint density at radius 3 is 1.50 bits per heavy atom. The van der Waals surface area contributed by atoms with Crippen LogP contribution in [0.5, 0.6) is 0 Å². The van der Waals surface area contributed by atoms with Gasteiger partial charge >= 0.3 is 0 Å². The summed E-state index contributed by atoms with van der Waals surface area (Å²) in [4.78, 5) is 31.4. The molecule has 24 heavy (non-hydrogen) atoms. The second-order valence-corrected chi connectivity index (χ2v) is 5.39. The topological polar surface area (TPSA) is 203 Å². The molecule has 1 fully saturated rings. The Labute approximate surface area is 137 Å². The first kappa shape index (κ1) is 20.4. The van der Waals surface area contributed by atoms with Crippen molar-refractivity contribution >= 4 is 18.2 Å². The number of nitrogens with one attached hydrogen (secondary N) is 3. The average molecular weight is 344 g/mol. The molecule has 0 aromatic carbocycles. The van der Waals surface area contributed by atoms with Crippen molar-refractivity contribution in [2.45, 2.75) is 42.9 Å². The number of carboxylic acid groups (broad SMARTS) is 2. The SMILES string of the molecule is O=CCCNC1[C@@H]([O-])[C@@H](NCC(=O)[O-])C([O-])[C@@H](NCC(=O)[O-])[C@H]1[O-]. The Balaban J connectivity index is 2.90. The predicted octanol–water partition coefficient (Wildman–Crippen LogP) is -8.85. The number of carbonyl (C=O) groups is 3. The number of rotatable bonds is 10. The van der Waals surface area contributed by atoms with Gasteiger partial charge in [0.2, 0.25) is 0 Å². The van der Waals surface area contributed by atoms with Gasteiger partial charge in [0.25, 0.3) is 0 Å². The first-order chi connectivity index (χ1) is 11.3. The van der Waals surface area contributed by atoms with Crippen LogP contribution in [0.15, 0.2) is 0 Å². The molecule has 1 rings (SSSR count). The standard InChI is InChI=1S/C13H20N3O8/c17-3-1-2-14-8-11(22)9(15-4-6(18)19)13(24)10(12(8)23)16-5-7(20)21/h3,8-16H,1-2,4-5H2,(H,18,19)(H,20,21)/q-3/p-2/t8?,9-,10+,11-,12+,13?. The summed E-state index contributed by atoms with van der Waals surface area (Å²) in [7, 11) is 0. The van der Waals surface area contributed by atoms with E-state index >= 15 is 0 Å². The van der Waals surface area contributed by atoms with Gasteiger partial charge in [0, 0.05) is 26.1 Å². The number of carboxylic acids is 2. The fourth-order valence-electron chi connectivity index (χ4n) is 2.64. The molecule has 3 N–H and O–H groups in total. The molecule has 1 aliphatic rings. The van der Waals surface area contributed by atoms with Crippen molar-refractivity contribution in [2.24, 2.45) is 0 Å². The van der Waals surface area contributed by atoms with E-state index in [1.807, 2.05) is 0 Å². The normalized spacial score (nSPS) is 33.1. The Morgan fingerprint density at radius 2 is 1.17 bits per heavy atom. The maximum atomic E-state index is 12.3. The van der Waals surface area contributed by atoms with Crippen molar-refractivity contribution in [3.63, 3.8) is 0 Å². The fourth-order valence-corrected chi connectivity index (χ4v) is 2.64. The van der Waals surface area contributed by atoms with E-state index in [0.29, 0.717) is 6.29 Å². The summed E-state index contributed by atoms with van der Waals surface area (Å²) in [5, 5.41) is 65.1. The molecule has 0 radical (unpaired) electrons. The van der Waals surface area contributed by atoms with E-state index in [4.69, 9.17) is 0 Å². The molecule has 6 atom stereocenters. The molecular formula is C13H18N3O8-5. The van der Waals surface area contributed by atoms with Crippen LogP contribution in [-0.4, -0.2) is 74.3 Å². The summed E-state index contributed by atoms with van der Waals surface area (Å²) < 4.78 is 0. The van der Waals surface area contributed by atoms with Crippen LogP contribution in [0.25, 0.3) is 0 Å². The Kier molecular flexibility index (Phi) is 8.18. The van der Waals surface area contributed by atoms with Gasteiger partial charge in [0.15, 0.2) is 0 Å². The first-order valence-electron chi connectivity index (χ1n) is 7.30. The maximum absolute atomic E-state index is 12.3. The highest BCUT2D eigenvalue weighted by Gasteiger charge is 2.35. The average Bonchev–Trinajstić information content (AvgIpc) is 2.49. The smallest absolute Gasteiger partial charge is 0.121 e. The summed E-state index contributed by atoms with van der Waals surface area (Å²) in [6, 6.07) is -4.18. The van der Waals surface area contributed by atoms with Crippen molar-refractivity contribution in [1.29, 1.82) is 0 Å². The molecule has 0 bridgehead atoms. The van der Waals surface area contributed by atoms with Gasteiger partial charge in [-0.1, -0.05) is 18.3 Å². The van der Waals surface area contributed by atoms with Gasteiger partial charge in [-0.2, -0.15) is 0 Å². The van der Waals surface area contributed by atoms with Crippen LogP contribution in [-0.2, 0) is 14.4 Å². The molecule has 2 unspecified atom stereocenters. The van der Waals surface area contributed by atoms with Gasteiger partial charge in [-0.05, 0) is 18.1 Å². The van der Waals surface area contributed by atoms with E-state index in [0.717, 1.165) is 0 Å². The van der Waals surface area contributed by atoms with Gasteiger partial charge in [-0.15, -0.1) is 0 Å². The minimum Gasteiger partial charge on any atom is -0.850 e. The highest BCUT2D eigenvalue weighted by atomic mass is 16.4. The van der Waals surface area contributed by atoms with Crippen molar-refractivity contribution < 1.29 is 39.9 Å². The third kappa shape index (κ3) is 5.47. The molecule has 0 aliphatic heterocycles. The van der Waals surface area contributed by atoms with E-state index in [1.165, 1.54) is 0 Å². The fraction of sp³-hybridized carbons (Fsp3) is 0.769. The largest absolute Gasteiger partial charge is 0.850 e. The molecule has 0 amide bonds. The van der Waals surface area contributed by atoms with Crippen molar-refractivity contribution in [3.05, 3.63) is 0 Å². The minimum absolute atomic E-state index is 0.0234. The lowest BCUT2D eigenvalue weighted by atomic mass is 9.79. The van der Waals surface area contributed by atoms with Crippen LogP contribution < -0.4 is 41.5 Å². The third-order valence-corrected chi connectivity index (χ3v) is 3.73. The molecule has 0 spiro atoms. The molecule has 0 aromatic heterocycles. The van der Waals surface area contributed by atoms with E-state index in [9.17, 15) is 39.9 Å². The summed E-state index contributed by atoms with van der Waals surface area (Å²) in [6.07, 6.45) is -4.81. The zero-order valence-electron chi connectivity index (χ0n) is 12.6. The van der Waals surface area contributed by atoms with Crippen LogP contribution in [0, 0.1) is 0 Å². The lowest BCUT2D eigenvalue weighted by molar-refractivity contribution is -0.535. The van der Waals surface area contributed by atoms with Gasteiger partial charge in [-0.25, -0.2) is 0 Å². The molecule has 11 heteroatoms. The number of aliphatic carboxylic acids is 2. The number of aldehydes is 1. The number of hydrogen-bond donors (Lipinski definition) is 3. The van der Waals surface area contributed by atoms with Gasteiger partial charge in [0.05, 0.1) is 11.9 Å². The minimum atomic E-state index is -1.86. The zero-order valence-corrected chi connectivity index (χ0v) is 12.6. The Morgan fingerprint density at radius 1 is 0.792 bits per heavy atom. The molecule has 11 nitrogen and oxygen atoms in total. The highest BCUT2D eigenvalue weighted by molar-refractivity contribution is 5.67. The summed E-state index contributed by atoms with van der Waals surface area (Å²) in [6.45, 7) is -1.50. The van der Waals surface area contributed by atoms with Gasteiger partial charge < -0.3 is 55.9 Å². The molecule has 0 aromatic rings. The van der Waals surface area contributed by atoms with E-state index in [1.54, 1.807) is 0 Å².